The zero-order chi connectivity index (χ0) is 12.8. The van der Waals surface area contributed by atoms with E-state index in [2.05, 4.69) is 49.4 Å². The zero-order valence-corrected chi connectivity index (χ0v) is 11.5. The maximum atomic E-state index is 2.47. The Morgan fingerprint density at radius 3 is 3.00 bits per heavy atom. The van der Waals surface area contributed by atoms with E-state index < -0.39 is 0 Å². The van der Waals surface area contributed by atoms with Gasteiger partial charge in [-0.1, -0.05) is 53.6 Å². The van der Waals surface area contributed by atoms with Gasteiger partial charge in [0.15, 0.2) is 0 Å². The van der Waals surface area contributed by atoms with Crippen LogP contribution < -0.4 is 0 Å². The van der Waals surface area contributed by atoms with E-state index in [1.165, 1.54) is 42.4 Å². The number of aryl methyl sites for hydroxylation is 1. The first kappa shape index (κ1) is 11.3. The molecule has 0 aromatic heterocycles. The Kier molecular flexibility index (Phi) is 2.51. The summed E-state index contributed by atoms with van der Waals surface area (Å²) >= 11 is 0. The van der Waals surface area contributed by atoms with E-state index in [-0.39, 0.29) is 0 Å². The standard InChI is InChI=1S/C19H20/c1-13-10-11-18-16-8-3-2-6-14(16)15-7-4-5-9-17(15)19(18)12-13/h3,5,8-12,15,17H,2,4,6-7H2,1H3. The Morgan fingerprint density at radius 2 is 2.05 bits per heavy atom. The number of hydrogen-bond donors (Lipinski definition) is 0. The Morgan fingerprint density at radius 1 is 1.11 bits per heavy atom. The molecule has 3 aliphatic carbocycles. The number of rotatable bonds is 0. The highest BCUT2D eigenvalue weighted by molar-refractivity contribution is 5.82. The highest BCUT2D eigenvalue weighted by Crippen LogP contribution is 2.50. The van der Waals surface area contributed by atoms with Crippen molar-refractivity contribution in [2.45, 2.75) is 38.5 Å². The molecule has 19 heavy (non-hydrogen) atoms. The molecule has 0 saturated heterocycles. The van der Waals surface area contributed by atoms with Crippen LogP contribution in [0.3, 0.4) is 0 Å². The predicted molar refractivity (Wildman–Crippen MR) is 81.1 cm³/mol. The third-order valence-electron chi connectivity index (χ3n) is 4.94. The van der Waals surface area contributed by atoms with Gasteiger partial charge in [-0.15, -0.1) is 0 Å². The molecule has 0 aliphatic heterocycles. The van der Waals surface area contributed by atoms with Crippen molar-refractivity contribution < 1.29 is 0 Å². The highest BCUT2D eigenvalue weighted by Gasteiger charge is 2.34. The molecular formula is C19H20. The quantitative estimate of drug-likeness (QED) is 0.556. The van der Waals surface area contributed by atoms with Crippen molar-refractivity contribution >= 4 is 5.57 Å². The minimum atomic E-state index is 0.633. The van der Waals surface area contributed by atoms with Crippen LogP contribution in [0.4, 0.5) is 0 Å². The fraction of sp³-hybridized carbons (Fsp3) is 0.368. The summed E-state index contributed by atoms with van der Waals surface area (Å²) in [6.45, 7) is 2.21. The van der Waals surface area contributed by atoms with Crippen LogP contribution in [0.15, 0.2) is 48.1 Å². The summed E-state index contributed by atoms with van der Waals surface area (Å²) in [6, 6.07) is 7.02. The second-order valence-electron chi connectivity index (χ2n) is 6.11. The van der Waals surface area contributed by atoms with Crippen LogP contribution in [0.2, 0.25) is 0 Å². The molecule has 1 aromatic rings. The van der Waals surface area contributed by atoms with E-state index in [1.54, 1.807) is 11.1 Å². The summed E-state index contributed by atoms with van der Waals surface area (Å²) in [7, 11) is 0. The second kappa shape index (κ2) is 4.23. The van der Waals surface area contributed by atoms with Crippen LogP contribution in [0.1, 0.15) is 48.3 Å². The summed E-state index contributed by atoms with van der Waals surface area (Å²) < 4.78 is 0. The van der Waals surface area contributed by atoms with E-state index in [4.69, 9.17) is 0 Å². The summed E-state index contributed by atoms with van der Waals surface area (Å²) in [4.78, 5) is 0. The van der Waals surface area contributed by atoms with Crippen molar-refractivity contribution in [1.82, 2.24) is 0 Å². The SMILES string of the molecule is Cc1ccc2c(c1)C1C=CCCC1C1=C2C=CCC1. The lowest BCUT2D eigenvalue weighted by Crippen LogP contribution is -2.23. The number of allylic oxidation sites excluding steroid dienone is 6. The summed E-state index contributed by atoms with van der Waals surface area (Å²) in [5.41, 5.74) is 7.71. The molecule has 0 spiro atoms. The minimum absolute atomic E-state index is 0.633. The van der Waals surface area contributed by atoms with Crippen LogP contribution in [-0.4, -0.2) is 0 Å². The fourth-order valence-corrected chi connectivity index (χ4v) is 4.08. The third kappa shape index (κ3) is 1.66. The summed E-state index contributed by atoms with van der Waals surface area (Å²) in [6.07, 6.45) is 14.7. The first-order chi connectivity index (χ1) is 9.34. The lowest BCUT2D eigenvalue weighted by Gasteiger charge is -2.38. The van der Waals surface area contributed by atoms with E-state index in [0.717, 1.165) is 5.92 Å². The van der Waals surface area contributed by atoms with Gasteiger partial charge in [-0.2, -0.15) is 0 Å². The molecule has 0 bridgehead atoms. The van der Waals surface area contributed by atoms with Gasteiger partial charge in [0.25, 0.3) is 0 Å². The zero-order valence-electron chi connectivity index (χ0n) is 11.5. The Bertz CT molecular complexity index is 613. The number of fused-ring (bicyclic) bond motifs is 5. The average Bonchev–Trinajstić information content (AvgIpc) is 2.47. The van der Waals surface area contributed by atoms with Gasteiger partial charge in [0, 0.05) is 5.92 Å². The van der Waals surface area contributed by atoms with Crippen molar-refractivity contribution in [2.24, 2.45) is 5.92 Å². The smallest absolute Gasteiger partial charge is 0.00901 e. The molecule has 96 valence electrons. The molecule has 1 aromatic carbocycles. The predicted octanol–water partition coefficient (Wildman–Crippen LogP) is 5.16. The van der Waals surface area contributed by atoms with Gasteiger partial charge in [-0.25, -0.2) is 0 Å². The maximum Gasteiger partial charge on any atom is 0.00901 e. The second-order valence-corrected chi connectivity index (χ2v) is 6.11. The van der Waals surface area contributed by atoms with Gasteiger partial charge in [-0.05, 0) is 55.2 Å². The number of benzene rings is 1. The normalized spacial score (nSPS) is 27.8. The van der Waals surface area contributed by atoms with Crippen LogP contribution in [-0.2, 0) is 0 Å². The average molecular weight is 248 g/mol. The first-order valence-electron chi connectivity index (χ1n) is 7.52. The van der Waals surface area contributed by atoms with Gasteiger partial charge >= 0.3 is 0 Å². The molecule has 0 radical (unpaired) electrons. The van der Waals surface area contributed by atoms with Gasteiger partial charge in [0.1, 0.15) is 0 Å². The number of hydrogen-bond acceptors (Lipinski definition) is 0. The molecule has 3 aliphatic rings. The van der Waals surface area contributed by atoms with Crippen molar-refractivity contribution in [3.8, 4) is 0 Å². The topological polar surface area (TPSA) is 0 Å². The van der Waals surface area contributed by atoms with Gasteiger partial charge < -0.3 is 0 Å². The lowest BCUT2D eigenvalue weighted by molar-refractivity contribution is 0.472. The highest BCUT2D eigenvalue weighted by atomic mass is 14.4. The van der Waals surface area contributed by atoms with Crippen LogP contribution in [0.5, 0.6) is 0 Å². The van der Waals surface area contributed by atoms with Crippen molar-refractivity contribution in [3.63, 3.8) is 0 Å². The molecule has 0 nitrogen and oxygen atoms in total. The molecule has 0 saturated carbocycles. The van der Waals surface area contributed by atoms with Crippen LogP contribution >= 0.6 is 0 Å². The molecule has 0 heteroatoms. The molecule has 0 fully saturated rings. The van der Waals surface area contributed by atoms with Crippen molar-refractivity contribution in [3.05, 3.63) is 64.8 Å². The maximum absolute atomic E-state index is 2.47. The Labute approximate surface area is 115 Å². The van der Waals surface area contributed by atoms with E-state index in [9.17, 15) is 0 Å². The Hall–Kier alpha value is -1.56. The fourth-order valence-electron chi connectivity index (χ4n) is 4.08. The van der Waals surface area contributed by atoms with Crippen LogP contribution in [0, 0.1) is 12.8 Å². The monoisotopic (exact) mass is 248 g/mol. The van der Waals surface area contributed by atoms with Gasteiger partial charge in [0.2, 0.25) is 0 Å². The van der Waals surface area contributed by atoms with E-state index in [0.29, 0.717) is 5.92 Å². The van der Waals surface area contributed by atoms with Crippen molar-refractivity contribution in [1.29, 1.82) is 0 Å². The molecule has 2 unspecified atom stereocenters. The molecule has 2 atom stereocenters. The third-order valence-corrected chi connectivity index (χ3v) is 4.94. The summed E-state index contributed by atoms with van der Waals surface area (Å²) in [5.74, 6) is 1.40. The van der Waals surface area contributed by atoms with E-state index >= 15 is 0 Å². The van der Waals surface area contributed by atoms with Gasteiger partial charge in [0.05, 0.1) is 0 Å². The first-order valence-corrected chi connectivity index (χ1v) is 7.52. The van der Waals surface area contributed by atoms with Gasteiger partial charge in [-0.3, -0.25) is 0 Å². The lowest BCUT2D eigenvalue weighted by atomic mass is 9.66. The van der Waals surface area contributed by atoms with Crippen LogP contribution in [0.25, 0.3) is 5.57 Å². The molecule has 0 N–H and O–H groups in total. The largest absolute Gasteiger partial charge is 0.0879 e. The summed E-state index contributed by atoms with van der Waals surface area (Å²) in [5, 5.41) is 0. The molecular weight excluding hydrogens is 228 g/mol. The van der Waals surface area contributed by atoms with Crippen molar-refractivity contribution in [2.75, 3.05) is 0 Å². The van der Waals surface area contributed by atoms with E-state index in [1.807, 2.05) is 0 Å². The Balaban J connectivity index is 1.98. The molecule has 4 rings (SSSR count). The minimum Gasteiger partial charge on any atom is -0.0879 e. The molecule has 0 heterocycles. The molecule has 0 amide bonds.